The van der Waals surface area contributed by atoms with Gasteiger partial charge in [-0.15, -0.1) is 11.6 Å². The fourth-order valence-corrected chi connectivity index (χ4v) is 1.95. The predicted molar refractivity (Wildman–Crippen MR) is 69.3 cm³/mol. The normalized spacial score (nSPS) is 11.0. The van der Waals surface area contributed by atoms with E-state index in [9.17, 15) is 0 Å². The lowest BCUT2D eigenvalue weighted by molar-refractivity contribution is 0.561. The maximum Gasteiger partial charge on any atom is 0.192 e. The first-order chi connectivity index (χ1) is 8.76. The van der Waals surface area contributed by atoms with E-state index in [4.69, 9.17) is 16.0 Å². The Kier molecular flexibility index (Phi) is 2.72. The molecule has 2 heterocycles. The summed E-state index contributed by atoms with van der Waals surface area (Å²) in [4.78, 5) is 12.7. The van der Waals surface area contributed by atoms with E-state index in [1.807, 2.05) is 31.2 Å². The molecular formula is C13H10ClN3O. The molecule has 0 aliphatic carbocycles. The molecule has 3 aromatic rings. The molecular weight excluding hydrogens is 250 g/mol. The topological polar surface area (TPSA) is 51.8 Å². The Hall–Kier alpha value is -1.94. The molecule has 2 aromatic heterocycles. The van der Waals surface area contributed by atoms with Crippen LogP contribution in [0.15, 0.2) is 34.9 Å². The van der Waals surface area contributed by atoms with Crippen LogP contribution in [0.4, 0.5) is 0 Å². The second-order valence-corrected chi connectivity index (χ2v) is 4.17. The molecule has 0 amide bonds. The van der Waals surface area contributed by atoms with Crippen molar-refractivity contribution in [2.45, 2.75) is 12.8 Å². The summed E-state index contributed by atoms with van der Waals surface area (Å²) in [7, 11) is 0. The van der Waals surface area contributed by atoms with E-state index in [1.54, 1.807) is 6.20 Å². The monoisotopic (exact) mass is 259 g/mol. The zero-order chi connectivity index (χ0) is 12.5. The van der Waals surface area contributed by atoms with Crippen molar-refractivity contribution in [1.29, 1.82) is 0 Å². The van der Waals surface area contributed by atoms with Gasteiger partial charge in [-0.3, -0.25) is 0 Å². The number of aromatic nitrogens is 3. The fraction of sp³-hybridized carbons (Fsp3) is 0.154. The molecule has 0 spiro atoms. The third kappa shape index (κ3) is 1.95. The second-order valence-electron chi connectivity index (χ2n) is 3.91. The van der Waals surface area contributed by atoms with Crippen molar-refractivity contribution >= 4 is 22.7 Å². The third-order valence-corrected chi connectivity index (χ3v) is 2.86. The molecule has 5 heteroatoms. The zero-order valence-corrected chi connectivity index (χ0v) is 10.5. The highest BCUT2D eigenvalue weighted by Gasteiger charge is 2.06. The number of rotatable bonds is 2. The summed E-state index contributed by atoms with van der Waals surface area (Å²) < 4.78 is 5.51. The first-order valence-corrected chi connectivity index (χ1v) is 6.05. The van der Waals surface area contributed by atoms with Crippen LogP contribution in [0.2, 0.25) is 0 Å². The predicted octanol–water partition coefficient (Wildman–Crippen LogP) is 3.33. The van der Waals surface area contributed by atoms with Crippen LogP contribution < -0.4 is 0 Å². The van der Waals surface area contributed by atoms with Crippen LogP contribution in [-0.2, 0) is 5.88 Å². The second kappa shape index (κ2) is 4.38. The maximum atomic E-state index is 5.73. The number of alkyl halides is 1. The fourth-order valence-electron chi connectivity index (χ4n) is 1.82. The van der Waals surface area contributed by atoms with Gasteiger partial charge < -0.3 is 4.42 Å². The Morgan fingerprint density at radius 2 is 2.11 bits per heavy atom. The summed E-state index contributed by atoms with van der Waals surface area (Å²) in [5.41, 5.74) is 3.41. The lowest BCUT2D eigenvalue weighted by Gasteiger charge is -2.01. The van der Waals surface area contributed by atoms with Gasteiger partial charge in [-0.1, -0.05) is 6.07 Å². The Bertz CT molecular complexity index is 708. The third-order valence-electron chi connectivity index (χ3n) is 2.62. The molecule has 0 radical (unpaired) electrons. The zero-order valence-electron chi connectivity index (χ0n) is 9.72. The van der Waals surface area contributed by atoms with E-state index in [-0.39, 0.29) is 0 Å². The summed E-state index contributed by atoms with van der Waals surface area (Å²) >= 11 is 5.73. The molecule has 18 heavy (non-hydrogen) atoms. The number of aryl methyl sites for hydroxylation is 1. The van der Waals surface area contributed by atoms with E-state index < -0.39 is 0 Å². The van der Waals surface area contributed by atoms with Crippen molar-refractivity contribution < 1.29 is 4.42 Å². The quantitative estimate of drug-likeness (QED) is 0.663. The molecule has 1 aromatic carbocycles. The van der Waals surface area contributed by atoms with Gasteiger partial charge in [0.1, 0.15) is 11.3 Å². The van der Waals surface area contributed by atoms with Crippen LogP contribution >= 0.6 is 11.6 Å². The summed E-state index contributed by atoms with van der Waals surface area (Å²) in [6, 6.07) is 7.66. The van der Waals surface area contributed by atoms with Gasteiger partial charge in [-0.2, -0.15) is 0 Å². The SMILES string of the molecule is Cc1nc2ccc(-c3ccnc(CCl)n3)cc2o1. The minimum atomic E-state index is 0.303. The summed E-state index contributed by atoms with van der Waals surface area (Å²) in [5, 5.41) is 0. The van der Waals surface area contributed by atoms with E-state index in [2.05, 4.69) is 15.0 Å². The molecule has 0 unspecified atom stereocenters. The summed E-state index contributed by atoms with van der Waals surface area (Å²) in [6.07, 6.45) is 1.70. The van der Waals surface area contributed by atoms with Crippen LogP contribution in [0.5, 0.6) is 0 Å². The minimum absolute atomic E-state index is 0.303. The van der Waals surface area contributed by atoms with Crippen molar-refractivity contribution in [3.63, 3.8) is 0 Å². The Morgan fingerprint density at radius 3 is 2.94 bits per heavy atom. The average molecular weight is 260 g/mol. The number of fused-ring (bicyclic) bond motifs is 1. The molecule has 90 valence electrons. The summed E-state index contributed by atoms with van der Waals surface area (Å²) in [5.74, 6) is 1.58. The highest BCUT2D eigenvalue weighted by molar-refractivity contribution is 6.16. The summed E-state index contributed by atoms with van der Waals surface area (Å²) in [6.45, 7) is 1.83. The van der Waals surface area contributed by atoms with Gasteiger partial charge in [-0.05, 0) is 18.2 Å². The number of hydrogen-bond donors (Lipinski definition) is 0. The van der Waals surface area contributed by atoms with Crippen LogP contribution in [0.3, 0.4) is 0 Å². The molecule has 0 fully saturated rings. The van der Waals surface area contributed by atoms with Crippen LogP contribution in [0.25, 0.3) is 22.4 Å². The average Bonchev–Trinajstić information content (AvgIpc) is 2.77. The standard InChI is InChI=1S/C13H10ClN3O/c1-8-16-11-3-2-9(6-12(11)18-8)10-4-5-15-13(7-14)17-10/h2-6H,7H2,1H3. The first kappa shape index (κ1) is 11.2. The van der Waals surface area contributed by atoms with E-state index in [0.29, 0.717) is 17.6 Å². The van der Waals surface area contributed by atoms with E-state index in [1.165, 1.54) is 0 Å². The van der Waals surface area contributed by atoms with Crippen molar-refractivity contribution in [2.24, 2.45) is 0 Å². The Balaban J connectivity index is 2.12. The highest BCUT2D eigenvalue weighted by atomic mass is 35.5. The molecule has 0 saturated heterocycles. The number of halogens is 1. The Morgan fingerprint density at radius 1 is 1.22 bits per heavy atom. The molecule has 0 N–H and O–H groups in total. The van der Waals surface area contributed by atoms with Gasteiger partial charge in [-0.25, -0.2) is 15.0 Å². The van der Waals surface area contributed by atoms with Crippen LogP contribution in [0, 0.1) is 6.92 Å². The van der Waals surface area contributed by atoms with Gasteiger partial charge in [0.2, 0.25) is 0 Å². The molecule has 0 aliphatic rings. The van der Waals surface area contributed by atoms with Gasteiger partial charge in [0, 0.05) is 18.7 Å². The van der Waals surface area contributed by atoms with Crippen molar-refractivity contribution in [1.82, 2.24) is 15.0 Å². The maximum absolute atomic E-state index is 5.73. The number of benzene rings is 1. The van der Waals surface area contributed by atoms with Crippen LogP contribution in [0.1, 0.15) is 11.7 Å². The molecule has 4 nitrogen and oxygen atoms in total. The number of nitrogens with zero attached hydrogens (tertiary/aromatic N) is 3. The van der Waals surface area contributed by atoms with E-state index >= 15 is 0 Å². The van der Waals surface area contributed by atoms with Gasteiger partial charge in [0.25, 0.3) is 0 Å². The Labute approximate surface area is 109 Å². The van der Waals surface area contributed by atoms with Crippen molar-refractivity contribution in [2.75, 3.05) is 0 Å². The van der Waals surface area contributed by atoms with Gasteiger partial charge >= 0.3 is 0 Å². The molecule has 0 aliphatic heterocycles. The lowest BCUT2D eigenvalue weighted by atomic mass is 10.1. The molecule has 0 saturated carbocycles. The van der Waals surface area contributed by atoms with Crippen molar-refractivity contribution in [3.8, 4) is 11.3 Å². The van der Waals surface area contributed by atoms with Gasteiger partial charge in [0.15, 0.2) is 11.5 Å². The van der Waals surface area contributed by atoms with Gasteiger partial charge in [0.05, 0.1) is 11.6 Å². The first-order valence-electron chi connectivity index (χ1n) is 5.52. The minimum Gasteiger partial charge on any atom is -0.441 e. The smallest absolute Gasteiger partial charge is 0.192 e. The number of hydrogen-bond acceptors (Lipinski definition) is 4. The highest BCUT2D eigenvalue weighted by Crippen LogP contribution is 2.23. The van der Waals surface area contributed by atoms with E-state index in [0.717, 1.165) is 22.4 Å². The molecule has 0 atom stereocenters. The molecule has 0 bridgehead atoms. The lowest BCUT2D eigenvalue weighted by Crippen LogP contribution is -1.92. The van der Waals surface area contributed by atoms with Crippen LogP contribution in [-0.4, -0.2) is 15.0 Å². The van der Waals surface area contributed by atoms with Crippen molar-refractivity contribution in [3.05, 3.63) is 42.2 Å². The largest absolute Gasteiger partial charge is 0.441 e. The molecule has 3 rings (SSSR count). The number of oxazole rings is 1.